The van der Waals surface area contributed by atoms with Crippen LogP contribution in [0.25, 0.3) is 12.4 Å². The first-order chi connectivity index (χ1) is 5.79. The number of rotatable bonds is 1. The Balaban J connectivity index is 3.61. The van der Waals surface area contributed by atoms with Crippen LogP contribution in [-0.4, -0.2) is 16.7 Å². The molecule has 0 aliphatic heterocycles. The van der Waals surface area contributed by atoms with Crippen molar-refractivity contribution in [2.75, 3.05) is 0 Å². The molecule has 4 heteroatoms. The van der Waals surface area contributed by atoms with E-state index in [9.17, 15) is 0 Å². The lowest BCUT2D eigenvalue weighted by Crippen LogP contribution is -2.32. The molecule has 0 saturated heterocycles. The molecule has 2 N–H and O–H groups in total. The molecule has 0 bridgehead atoms. The monoisotopic (exact) mass is 162 g/mol. The van der Waals surface area contributed by atoms with Gasteiger partial charge in [0.2, 0.25) is 0 Å². The Morgan fingerprint density at radius 1 is 1.58 bits per heavy atom. The minimum absolute atomic E-state index is 0.694. The van der Waals surface area contributed by atoms with E-state index in [-0.39, 0.29) is 0 Å². The first-order valence-corrected chi connectivity index (χ1v) is 3.45. The fourth-order valence-corrected chi connectivity index (χ4v) is 0.897. The van der Waals surface area contributed by atoms with Gasteiger partial charge in [0.1, 0.15) is 6.33 Å². The average molecular weight is 162 g/mol. The van der Waals surface area contributed by atoms with Gasteiger partial charge in [-0.25, -0.2) is 9.97 Å². The Morgan fingerprint density at radius 2 is 2.33 bits per heavy atom. The third kappa shape index (κ3) is 1.47. The summed E-state index contributed by atoms with van der Waals surface area (Å²) in [6, 6.07) is 0. The molecule has 0 aliphatic rings. The van der Waals surface area contributed by atoms with Gasteiger partial charge in [-0.15, -0.1) is 0 Å². The molecule has 0 atom stereocenters. The normalized spacial score (nSPS) is 13.4. The van der Waals surface area contributed by atoms with Crippen molar-refractivity contribution in [3.05, 3.63) is 22.6 Å². The molecule has 1 heterocycles. The highest BCUT2D eigenvalue weighted by molar-refractivity contribution is 5.36. The van der Waals surface area contributed by atoms with Crippen molar-refractivity contribution in [1.29, 1.82) is 0 Å². The zero-order chi connectivity index (χ0) is 8.97. The predicted molar refractivity (Wildman–Crippen MR) is 48.7 cm³/mol. The van der Waals surface area contributed by atoms with Gasteiger partial charge in [-0.1, -0.05) is 0 Å². The number of aliphatic imine (C=N–C) groups is 1. The van der Waals surface area contributed by atoms with Crippen molar-refractivity contribution in [3.8, 4) is 0 Å². The van der Waals surface area contributed by atoms with E-state index in [1.165, 1.54) is 12.5 Å². The molecule has 0 amide bonds. The van der Waals surface area contributed by atoms with Crippen LogP contribution in [-0.2, 0) is 0 Å². The van der Waals surface area contributed by atoms with E-state index in [1.807, 2.05) is 6.92 Å². The fourth-order valence-electron chi connectivity index (χ4n) is 0.897. The summed E-state index contributed by atoms with van der Waals surface area (Å²) >= 11 is 0. The lowest BCUT2D eigenvalue weighted by Gasteiger charge is -1.91. The Morgan fingerprint density at radius 3 is 2.92 bits per heavy atom. The van der Waals surface area contributed by atoms with Crippen molar-refractivity contribution < 1.29 is 0 Å². The minimum Gasteiger partial charge on any atom is -0.404 e. The van der Waals surface area contributed by atoms with E-state index in [0.717, 1.165) is 10.9 Å². The largest absolute Gasteiger partial charge is 0.404 e. The molecule has 1 aromatic rings. The van der Waals surface area contributed by atoms with Gasteiger partial charge in [0, 0.05) is 17.1 Å². The van der Waals surface area contributed by atoms with Crippen molar-refractivity contribution >= 4 is 19.1 Å². The van der Waals surface area contributed by atoms with E-state index < -0.39 is 0 Å². The summed E-state index contributed by atoms with van der Waals surface area (Å²) in [6.07, 6.45) is 4.49. The van der Waals surface area contributed by atoms with Crippen molar-refractivity contribution in [2.24, 2.45) is 10.7 Å². The van der Waals surface area contributed by atoms with Crippen LogP contribution in [0.4, 0.5) is 0 Å². The molecule has 0 aromatic carbocycles. The molecule has 1 rings (SSSR count). The lowest BCUT2D eigenvalue weighted by molar-refractivity contribution is 1.04. The topological polar surface area (TPSA) is 64.2 Å². The summed E-state index contributed by atoms with van der Waals surface area (Å²) in [6.45, 7) is 5.20. The molecule has 12 heavy (non-hydrogen) atoms. The maximum Gasteiger partial charge on any atom is 0.116 e. The Bertz CT molecular complexity index is 394. The zero-order valence-corrected chi connectivity index (χ0v) is 6.86. The van der Waals surface area contributed by atoms with Gasteiger partial charge in [0.25, 0.3) is 0 Å². The molecule has 1 aromatic heterocycles. The zero-order valence-electron chi connectivity index (χ0n) is 6.86. The Labute approximate surface area is 70.2 Å². The average Bonchev–Trinajstić information content (AvgIpc) is 2.05. The Hall–Kier alpha value is -1.71. The van der Waals surface area contributed by atoms with Crippen LogP contribution >= 0.6 is 0 Å². The summed E-state index contributed by atoms with van der Waals surface area (Å²) in [4.78, 5) is 11.6. The predicted octanol–water partition coefficient (Wildman–Crippen LogP) is -1.08. The maximum absolute atomic E-state index is 5.39. The summed E-state index contributed by atoms with van der Waals surface area (Å²) < 4.78 is 0. The van der Waals surface area contributed by atoms with E-state index >= 15 is 0 Å². The number of aromatic nitrogens is 2. The highest BCUT2D eigenvalue weighted by Gasteiger charge is 1.90. The van der Waals surface area contributed by atoms with Gasteiger partial charge >= 0.3 is 0 Å². The van der Waals surface area contributed by atoms with Crippen LogP contribution < -0.4 is 16.3 Å². The van der Waals surface area contributed by atoms with Crippen molar-refractivity contribution in [1.82, 2.24) is 9.97 Å². The third-order valence-electron chi connectivity index (χ3n) is 1.49. The van der Waals surface area contributed by atoms with Gasteiger partial charge in [-0.05, 0) is 13.6 Å². The van der Waals surface area contributed by atoms with Crippen LogP contribution in [0.2, 0.25) is 0 Å². The van der Waals surface area contributed by atoms with E-state index in [0.29, 0.717) is 5.35 Å². The number of nitrogens with two attached hydrogens (primary N) is 1. The molecule has 0 saturated carbocycles. The van der Waals surface area contributed by atoms with Gasteiger partial charge < -0.3 is 5.73 Å². The molecule has 0 spiro atoms. The summed E-state index contributed by atoms with van der Waals surface area (Å²) in [5.41, 5.74) is 6.23. The molecule has 0 unspecified atom stereocenters. The van der Waals surface area contributed by atoms with E-state index in [1.54, 1.807) is 6.20 Å². The first-order valence-electron chi connectivity index (χ1n) is 3.45. The SMILES string of the molecule is C=N/C=c1/ncnc(C)/c1=C/N. The number of aryl methyl sites for hydroxylation is 1. The fraction of sp³-hybridized carbons (Fsp3) is 0.125. The van der Waals surface area contributed by atoms with E-state index in [4.69, 9.17) is 5.73 Å². The quantitative estimate of drug-likeness (QED) is 0.534. The second kappa shape index (κ2) is 3.61. The van der Waals surface area contributed by atoms with Crippen LogP contribution in [0, 0.1) is 6.92 Å². The number of hydrogen-bond acceptors (Lipinski definition) is 4. The van der Waals surface area contributed by atoms with Gasteiger partial charge in [-0.3, -0.25) is 4.99 Å². The summed E-state index contributed by atoms with van der Waals surface area (Å²) in [5.74, 6) is 0. The summed E-state index contributed by atoms with van der Waals surface area (Å²) in [7, 11) is 0. The van der Waals surface area contributed by atoms with Crippen molar-refractivity contribution in [2.45, 2.75) is 6.92 Å². The second-order valence-corrected chi connectivity index (χ2v) is 2.24. The molecule has 0 radical (unpaired) electrons. The molecule has 62 valence electrons. The molecule has 0 fully saturated rings. The molecular weight excluding hydrogens is 152 g/mol. The standard InChI is InChI=1S/C8H10N4/c1-6-7(3-9)8(4-10-2)12-5-11-6/h3-5H,2,9H2,1H3/b7-3-,8-4+. The molecular formula is C8H10N4. The number of nitrogens with zero attached hydrogens (tertiary/aromatic N) is 3. The first kappa shape index (κ1) is 8.39. The number of hydrogen-bond donors (Lipinski definition) is 1. The van der Waals surface area contributed by atoms with Gasteiger partial charge in [0.05, 0.1) is 11.5 Å². The summed E-state index contributed by atoms with van der Waals surface area (Å²) in [5, 5.41) is 1.49. The second-order valence-electron chi connectivity index (χ2n) is 2.24. The van der Waals surface area contributed by atoms with Gasteiger partial charge in [-0.2, -0.15) is 0 Å². The van der Waals surface area contributed by atoms with Crippen LogP contribution in [0.1, 0.15) is 5.69 Å². The maximum atomic E-state index is 5.39. The Kier molecular flexibility index (Phi) is 2.53. The van der Waals surface area contributed by atoms with Crippen LogP contribution in [0.15, 0.2) is 11.3 Å². The lowest BCUT2D eigenvalue weighted by atomic mass is 10.3. The highest BCUT2D eigenvalue weighted by Crippen LogP contribution is 1.72. The van der Waals surface area contributed by atoms with Crippen molar-refractivity contribution in [3.63, 3.8) is 0 Å². The molecule has 0 aliphatic carbocycles. The third-order valence-corrected chi connectivity index (χ3v) is 1.49. The smallest absolute Gasteiger partial charge is 0.116 e. The minimum atomic E-state index is 0.694. The van der Waals surface area contributed by atoms with Crippen LogP contribution in [0.5, 0.6) is 0 Å². The van der Waals surface area contributed by atoms with Gasteiger partial charge in [0.15, 0.2) is 0 Å². The van der Waals surface area contributed by atoms with Crippen LogP contribution in [0.3, 0.4) is 0 Å². The molecule has 4 nitrogen and oxygen atoms in total. The highest BCUT2D eigenvalue weighted by atomic mass is 14.8. The van der Waals surface area contributed by atoms with E-state index in [2.05, 4.69) is 21.7 Å².